The maximum Gasteiger partial charge on any atom is 0.160 e. The number of rotatable bonds is 6. The van der Waals surface area contributed by atoms with Gasteiger partial charge in [0.05, 0.1) is 27.8 Å². The van der Waals surface area contributed by atoms with E-state index in [1.165, 1.54) is 38.8 Å². The fourth-order valence-corrected chi connectivity index (χ4v) is 9.81. The molecule has 0 spiro atoms. The third-order valence-corrected chi connectivity index (χ3v) is 12.5. The standard InChI is InChI=1S/C58H37N3/c1-4-18-38(19-5-1)55-47-30-12-15-33-54(47)60-57(61-55)42-23-17-21-40(35-42)39-20-16-22-41(34-39)56-50-36-49-45-28-10-13-31-51(45)58(43-24-6-2-7-25-43,44-26-8-3-9-27-44)52(49)37-48(50)46-29-11-14-32-53(46)59-56/h1-37H. The van der Waals surface area contributed by atoms with Crippen molar-refractivity contribution in [2.75, 3.05) is 0 Å². The number of hydrogen-bond donors (Lipinski definition) is 0. The van der Waals surface area contributed by atoms with Gasteiger partial charge in [-0.05, 0) is 86.3 Å². The van der Waals surface area contributed by atoms with Crippen molar-refractivity contribution in [3.63, 3.8) is 0 Å². The molecule has 0 radical (unpaired) electrons. The van der Waals surface area contributed by atoms with Crippen molar-refractivity contribution < 1.29 is 0 Å². The Morgan fingerprint density at radius 3 is 1.52 bits per heavy atom. The van der Waals surface area contributed by atoms with Gasteiger partial charge in [0.15, 0.2) is 5.82 Å². The molecule has 0 N–H and O–H groups in total. The molecule has 1 aliphatic rings. The van der Waals surface area contributed by atoms with Gasteiger partial charge in [0.1, 0.15) is 0 Å². The number of aromatic nitrogens is 3. The molecule has 2 aromatic heterocycles. The molecule has 0 fully saturated rings. The van der Waals surface area contributed by atoms with Crippen molar-refractivity contribution in [3.05, 3.63) is 247 Å². The van der Waals surface area contributed by atoms with Gasteiger partial charge >= 0.3 is 0 Å². The summed E-state index contributed by atoms with van der Waals surface area (Å²) in [5.41, 5.74) is 16.2. The molecule has 0 atom stereocenters. The maximum absolute atomic E-state index is 5.46. The second kappa shape index (κ2) is 14.1. The van der Waals surface area contributed by atoms with Crippen LogP contribution >= 0.6 is 0 Å². The van der Waals surface area contributed by atoms with Crippen LogP contribution in [-0.4, -0.2) is 15.0 Å². The molecule has 284 valence electrons. The molecule has 3 nitrogen and oxygen atoms in total. The normalized spacial score (nSPS) is 12.7. The molecule has 0 unspecified atom stereocenters. The summed E-state index contributed by atoms with van der Waals surface area (Å²) in [6.07, 6.45) is 0. The summed E-state index contributed by atoms with van der Waals surface area (Å²) in [6.45, 7) is 0. The van der Waals surface area contributed by atoms with Crippen LogP contribution in [0.4, 0.5) is 0 Å². The van der Waals surface area contributed by atoms with E-state index in [1.807, 2.05) is 18.2 Å². The van der Waals surface area contributed by atoms with Crippen molar-refractivity contribution in [2.24, 2.45) is 0 Å². The largest absolute Gasteiger partial charge is 0.247 e. The van der Waals surface area contributed by atoms with Crippen molar-refractivity contribution in [2.45, 2.75) is 5.41 Å². The Labute approximate surface area is 354 Å². The molecule has 11 aromatic rings. The average Bonchev–Trinajstić information content (AvgIpc) is 3.63. The molecule has 9 aromatic carbocycles. The molecule has 12 rings (SSSR count). The molecule has 61 heavy (non-hydrogen) atoms. The first-order chi connectivity index (χ1) is 30.2. The van der Waals surface area contributed by atoms with E-state index in [1.54, 1.807) is 0 Å². The molecule has 0 saturated carbocycles. The second-order valence-electron chi connectivity index (χ2n) is 15.9. The van der Waals surface area contributed by atoms with Crippen LogP contribution in [0, 0.1) is 0 Å². The van der Waals surface area contributed by atoms with E-state index in [0.717, 1.165) is 66.4 Å². The van der Waals surface area contributed by atoms with Crippen LogP contribution in [0.3, 0.4) is 0 Å². The molecule has 0 amide bonds. The fourth-order valence-electron chi connectivity index (χ4n) is 9.81. The Kier molecular flexibility index (Phi) is 8.07. The van der Waals surface area contributed by atoms with E-state index in [4.69, 9.17) is 15.0 Å². The lowest BCUT2D eigenvalue weighted by Gasteiger charge is -2.34. The minimum Gasteiger partial charge on any atom is -0.247 e. The molecule has 3 heteroatoms. The Hall–Kier alpha value is -8.01. The number of benzene rings is 9. The minimum absolute atomic E-state index is 0.491. The quantitative estimate of drug-likeness (QED) is 0.158. The van der Waals surface area contributed by atoms with Crippen LogP contribution in [0.2, 0.25) is 0 Å². The zero-order chi connectivity index (χ0) is 40.3. The van der Waals surface area contributed by atoms with Gasteiger partial charge in [-0.1, -0.05) is 188 Å². The van der Waals surface area contributed by atoms with Crippen LogP contribution in [0.15, 0.2) is 224 Å². The van der Waals surface area contributed by atoms with Gasteiger partial charge in [0, 0.05) is 32.8 Å². The molecule has 0 saturated heterocycles. The van der Waals surface area contributed by atoms with Crippen LogP contribution < -0.4 is 0 Å². The van der Waals surface area contributed by atoms with Gasteiger partial charge in [0.2, 0.25) is 0 Å². The summed E-state index contributed by atoms with van der Waals surface area (Å²) >= 11 is 0. The highest BCUT2D eigenvalue weighted by Gasteiger charge is 2.46. The van der Waals surface area contributed by atoms with Crippen LogP contribution in [0.25, 0.3) is 88.7 Å². The van der Waals surface area contributed by atoms with Gasteiger partial charge in [-0.2, -0.15) is 0 Å². The van der Waals surface area contributed by atoms with Crippen LogP contribution in [0.5, 0.6) is 0 Å². The Balaban J connectivity index is 1.05. The summed E-state index contributed by atoms with van der Waals surface area (Å²) in [6, 6.07) is 80.5. The van der Waals surface area contributed by atoms with Crippen molar-refractivity contribution in [1.29, 1.82) is 0 Å². The molecule has 0 aliphatic heterocycles. The van der Waals surface area contributed by atoms with Crippen molar-refractivity contribution in [3.8, 4) is 56.2 Å². The first kappa shape index (κ1) is 35.0. The van der Waals surface area contributed by atoms with Gasteiger partial charge in [0.25, 0.3) is 0 Å². The van der Waals surface area contributed by atoms with Gasteiger partial charge in [-0.15, -0.1) is 0 Å². The van der Waals surface area contributed by atoms with Crippen molar-refractivity contribution >= 4 is 32.6 Å². The SMILES string of the molecule is c1ccc(-c2nc(-c3cccc(-c4cccc(-c5nc6ccccc6c6cc7c(cc56)-c5ccccc5C7(c5ccccc5)c5ccccc5)c4)c3)nc3ccccc23)cc1. The van der Waals surface area contributed by atoms with E-state index in [-0.39, 0.29) is 0 Å². The van der Waals surface area contributed by atoms with Crippen LogP contribution in [-0.2, 0) is 5.41 Å². The number of fused-ring (bicyclic) bond motifs is 7. The first-order valence-corrected chi connectivity index (χ1v) is 20.9. The Bertz CT molecular complexity index is 3430. The van der Waals surface area contributed by atoms with Crippen LogP contribution in [0.1, 0.15) is 22.3 Å². The Morgan fingerprint density at radius 1 is 0.279 bits per heavy atom. The lowest BCUT2D eigenvalue weighted by atomic mass is 9.67. The number of hydrogen-bond acceptors (Lipinski definition) is 3. The van der Waals surface area contributed by atoms with E-state index in [2.05, 4.69) is 206 Å². The number of pyridine rings is 1. The molecule has 0 bridgehead atoms. The zero-order valence-electron chi connectivity index (χ0n) is 33.2. The van der Waals surface area contributed by atoms with E-state index in [0.29, 0.717) is 5.82 Å². The number of nitrogens with zero attached hydrogens (tertiary/aromatic N) is 3. The fraction of sp³-hybridized carbons (Fsp3) is 0.0172. The van der Waals surface area contributed by atoms with Gasteiger partial charge < -0.3 is 0 Å². The smallest absolute Gasteiger partial charge is 0.160 e. The lowest BCUT2D eigenvalue weighted by Crippen LogP contribution is -2.28. The number of para-hydroxylation sites is 2. The summed E-state index contributed by atoms with van der Waals surface area (Å²) in [4.78, 5) is 15.7. The van der Waals surface area contributed by atoms with E-state index >= 15 is 0 Å². The summed E-state index contributed by atoms with van der Waals surface area (Å²) in [5.74, 6) is 0.703. The minimum atomic E-state index is -0.491. The summed E-state index contributed by atoms with van der Waals surface area (Å²) in [7, 11) is 0. The summed E-state index contributed by atoms with van der Waals surface area (Å²) in [5, 5.41) is 4.51. The highest BCUT2D eigenvalue weighted by molar-refractivity contribution is 6.13. The third-order valence-electron chi connectivity index (χ3n) is 12.5. The van der Waals surface area contributed by atoms with E-state index < -0.39 is 5.41 Å². The Morgan fingerprint density at radius 2 is 0.803 bits per heavy atom. The second-order valence-corrected chi connectivity index (χ2v) is 15.9. The molecule has 2 heterocycles. The summed E-state index contributed by atoms with van der Waals surface area (Å²) < 4.78 is 0. The highest BCUT2D eigenvalue weighted by Crippen LogP contribution is 2.57. The molecular formula is C58H37N3. The monoisotopic (exact) mass is 775 g/mol. The molecule has 1 aliphatic carbocycles. The van der Waals surface area contributed by atoms with Gasteiger partial charge in [-0.25, -0.2) is 15.0 Å². The third kappa shape index (κ3) is 5.55. The van der Waals surface area contributed by atoms with Crippen molar-refractivity contribution in [1.82, 2.24) is 15.0 Å². The first-order valence-electron chi connectivity index (χ1n) is 20.9. The lowest BCUT2D eigenvalue weighted by molar-refractivity contribution is 0.769. The predicted molar refractivity (Wildman–Crippen MR) is 251 cm³/mol. The van der Waals surface area contributed by atoms with E-state index in [9.17, 15) is 0 Å². The van der Waals surface area contributed by atoms with Gasteiger partial charge in [-0.3, -0.25) is 0 Å². The predicted octanol–water partition coefficient (Wildman–Crippen LogP) is 14.4. The average molecular weight is 776 g/mol. The maximum atomic E-state index is 5.46. The molecular weight excluding hydrogens is 739 g/mol. The highest BCUT2D eigenvalue weighted by atomic mass is 14.9. The zero-order valence-corrected chi connectivity index (χ0v) is 33.2. The topological polar surface area (TPSA) is 38.7 Å².